The van der Waals surface area contributed by atoms with E-state index in [1.54, 1.807) is 24.3 Å². The van der Waals surface area contributed by atoms with Crippen LogP contribution in [0.15, 0.2) is 48.5 Å². The van der Waals surface area contributed by atoms with Gasteiger partial charge in [0.2, 0.25) is 0 Å². The smallest absolute Gasteiger partial charge is 0.185 e. The molecule has 0 aliphatic heterocycles. The molecule has 2 aromatic rings. The molecule has 108 valence electrons. The average molecular weight is 288 g/mol. The third-order valence-electron chi connectivity index (χ3n) is 2.83. The van der Waals surface area contributed by atoms with Crippen molar-refractivity contribution in [3.63, 3.8) is 0 Å². The van der Waals surface area contributed by atoms with Crippen molar-refractivity contribution < 1.29 is 18.3 Å². The number of carbonyl (C=O) groups excluding carboxylic acids is 1. The first kappa shape index (κ1) is 14.9. The van der Waals surface area contributed by atoms with E-state index in [1.165, 1.54) is 24.3 Å². The molecule has 0 amide bonds. The monoisotopic (exact) mass is 288 g/mol. The molecule has 4 heteroatoms. The molecule has 0 aromatic heterocycles. The molecule has 0 radical (unpaired) electrons. The molecule has 2 aromatic carbocycles. The van der Waals surface area contributed by atoms with E-state index in [1.807, 2.05) is 6.92 Å². The molecule has 0 atom stereocenters. The predicted octanol–water partition coefficient (Wildman–Crippen LogP) is 4.26. The summed E-state index contributed by atoms with van der Waals surface area (Å²) in [6.07, 6.45) is 2.47. The standard InChI is InChI=1S/C17H14F2O2/c1-2-21-14-7-3-6-13(11-14)16(20)10-9-12-5-4-8-15(18)17(12)19/h3-11H,2H2,1H3/b10-9+. The summed E-state index contributed by atoms with van der Waals surface area (Å²) < 4.78 is 31.8. The molecule has 2 nitrogen and oxygen atoms in total. The minimum absolute atomic E-state index is 0.0318. The maximum atomic E-state index is 13.5. The van der Waals surface area contributed by atoms with Crippen molar-refractivity contribution in [3.8, 4) is 5.75 Å². The Hall–Kier alpha value is -2.49. The van der Waals surface area contributed by atoms with E-state index < -0.39 is 11.6 Å². The van der Waals surface area contributed by atoms with Crippen LogP contribution in [-0.2, 0) is 0 Å². The van der Waals surface area contributed by atoms with Gasteiger partial charge >= 0.3 is 0 Å². The predicted molar refractivity (Wildman–Crippen MR) is 77.3 cm³/mol. The van der Waals surface area contributed by atoms with E-state index in [-0.39, 0.29) is 11.3 Å². The molecule has 0 unspecified atom stereocenters. The third-order valence-corrected chi connectivity index (χ3v) is 2.83. The van der Waals surface area contributed by atoms with Gasteiger partial charge in [-0.1, -0.05) is 24.3 Å². The molecule has 2 rings (SSSR count). The molecule has 0 bridgehead atoms. The van der Waals surface area contributed by atoms with E-state index in [9.17, 15) is 13.6 Å². The van der Waals surface area contributed by atoms with Crippen LogP contribution in [-0.4, -0.2) is 12.4 Å². The Bertz CT molecular complexity index is 678. The van der Waals surface area contributed by atoms with Gasteiger partial charge in [0.05, 0.1) is 6.61 Å². The lowest BCUT2D eigenvalue weighted by Crippen LogP contribution is -1.97. The lowest BCUT2D eigenvalue weighted by atomic mass is 10.1. The fourth-order valence-corrected chi connectivity index (χ4v) is 1.82. The molecule has 0 spiro atoms. The van der Waals surface area contributed by atoms with Crippen molar-refractivity contribution in [2.45, 2.75) is 6.92 Å². The second kappa shape index (κ2) is 6.79. The second-order valence-electron chi connectivity index (χ2n) is 4.30. The van der Waals surface area contributed by atoms with Gasteiger partial charge in [0.15, 0.2) is 17.4 Å². The van der Waals surface area contributed by atoms with Crippen LogP contribution in [0.25, 0.3) is 6.08 Å². The lowest BCUT2D eigenvalue weighted by Gasteiger charge is -2.03. The van der Waals surface area contributed by atoms with Gasteiger partial charge in [0.1, 0.15) is 5.75 Å². The third kappa shape index (κ3) is 3.75. The number of carbonyl (C=O) groups is 1. The highest BCUT2D eigenvalue weighted by Gasteiger charge is 2.07. The van der Waals surface area contributed by atoms with Crippen molar-refractivity contribution in [2.75, 3.05) is 6.61 Å². The SMILES string of the molecule is CCOc1cccc(C(=O)/C=C/c2cccc(F)c2F)c1. The largest absolute Gasteiger partial charge is 0.494 e. The Morgan fingerprint density at radius 1 is 1.19 bits per heavy atom. The van der Waals surface area contributed by atoms with E-state index >= 15 is 0 Å². The number of halogens is 2. The molecular formula is C17H14F2O2. The van der Waals surface area contributed by atoms with E-state index in [4.69, 9.17) is 4.74 Å². The van der Waals surface area contributed by atoms with Gasteiger partial charge in [0, 0.05) is 11.1 Å². The summed E-state index contributed by atoms with van der Waals surface area (Å²) in [7, 11) is 0. The Morgan fingerprint density at radius 2 is 1.95 bits per heavy atom. The van der Waals surface area contributed by atoms with Crippen LogP contribution < -0.4 is 4.74 Å². The lowest BCUT2D eigenvalue weighted by molar-refractivity contribution is 0.104. The molecule has 0 saturated heterocycles. The van der Waals surface area contributed by atoms with Crippen molar-refractivity contribution in [3.05, 3.63) is 71.3 Å². The molecule has 0 fully saturated rings. The molecule has 0 aliphatic rings. The van der Waals surface area contributed by atoms with Gasteiger partial charge in [-0.25, -0.2) is 8.78 Å². The fraction of sp³-hybridized carbons (Fsp3) is 0.118. The molecule has 21 heavy (non-hydrogen) atoms. The normalized spacial score (nSPS) is 10.8. The number of ether oxygens (including phenoxy) is 1. The first-order valence-corrected chi connectivity index (χ1v) is 6.51. The Labute approximate surface area is 121 Å². The van der Waals surface area contributed by atoms with Crippen molar-refractivity contribution >= 4 is 11.9 Å². The average Bonchev–Trinajstić information content (AvgIpc) is 2.49. The highest BCUT2D eigenvalue weighted by molar-refractivity contribution is 6.07. The van der Waals surface area contributed by atoms with E-state index in [0.29, 0.717) is 17.9 Å². The zero-order valence-electron chi connectivity index (χ0n) is 11.5. The van der Waals surface area contributed by atoms with Gasteiger partial charge in [-0.15, -0.1) is 0 Å². The Kier molecular flexibility index (Phi) is 4.82. The van der Waals surface area contributed by atoms with Gasteiger partial charge in [0.25, 0.3) is 0 Å². The summed E-state index contributed by atoms with van der Waals surface area (Å²) in [5.41, 5.74) is 0.457. The van der Waals surface area contributed by atoms with Crippen LogP contribution in [0.1, 0.15) is 22.8 Å². The highest BCUT2D eigenvalue weighted by atomic mass is 19.2. The van der Waals surface area contributed by atoms with Gasteiger partial charge in [-0.2, -0.15) is 0 Å². The maximum absolute atomic E-state index is 13.5. The van der Waals surface area contributed by atoms with Crippen LogP contribution in [0.4, 0.5) is 8.78 Å². The summed E-state index contributed by atoms with van der Waals surface area (Å²) in [6, 6.07) is 10.5. The number of allylic oxidation sites excluding steroid dienone is 1. The minimum atomic E-state index is -0.968. The van der Waals surface area contributed by atoms with Gasteiger partial charge in [-0.3, -0.25) is 4.79 Å². The summed E-state index contributed by atoms with van der Waals surface area (Å²) >= 11 is 0. The van der Waals surface area contributed by atoms with E-state index in [0.717, 1.165) is 6.07 Å². The van der Waals surface area contributed by atoms with Crippen molar-refractivity contribution in [2.24, 2.45) is 0 Å². The fourth-order valence-electron chi connectivity index (χ4n) is 1.82. The first-order chi connectivity index (χ1) is 10.1. The van der Waals surface area contributed by atoms with Gasteiger partial charge in [-0.05, 0) is 37.3 Å². The number of benzene rings is 2. The van der Waals surface area contributed by atoms with Crippen LogP contribution in [0.2, 0.25) is 0 Å². The van der Waals surface area contributed by atoms with Crippen LogP contribution in [0.5, 0.6) is 5.75 Å². The number of hydrogen-bond donors (Lipinski definition) is 0. The number of hydrogen-bond acceptors (Lipinski definition) is 2. The Morgan fingerprint density at radius 3 is 2.71 bits per heavy atom. The minimum Gasteiger partial charge on any atom is -0.494 e. The molecular weight excluding hydrogens is 274 g/mol. The number of rotatable bonds is 5. The quantitative estimate of drug-likeness (QED) is 0.607. The summed E-state index contributed by atoms with van der Waals surface area (Å²) in [4.78, 5) is 12.0. The summed E-state index contributed by atoms with van der Waals surface area (Å²) in [5.74, 6) is -1.62. The van der Waals surface area contributed by atoms with Crippen LogP contribution >= 0.6 is 0 Å². The van der Waals surface area contributed by atoms with E-state index in [2.05, 4.69) is 0 Å². The van der Waals surface area contributed by atoms with Crippen molar-refractivity contribution in [1.29, 1.82) is 0 Å². The molecule has 0 aliphatic carbocycles. The van der Waals surface area contributed by atoms with Crippen molar-refractivity contribution in [1.82, 2.24) is 0 Å². The Balaban J connectivity index is 2.19. The summed E-state index contributed by atoms with van der Waals surface area (Å²) in [6.45, 7) is 2.35. The number of ketones is 1. The molecule has 0 heterocycles. The van der Waals surface area contributed by atoms with Crippen LogP contribution in [0.3, 0.4) is 0 Å². The molecule has 0 N–H and O–H groups in total. The highest BCUT2D eigenvalue weighted by Crippen LogP contribution is 2.16. The second-order valence-corrected chi connectivity index (χ2v) is 4.30. The topological polar surface area (TPSA) is 26.3 Å². The molecule has 0 saturated carbocycles. The summed E-state index contributed by atoms with van der Waals surface area (Å²) in [5, 5.41) is 0. The zero-order valence-corrected chi connectivity index (χ0v) is 11.5. The van der Waals surface area contributed by atoms with Crippen LogP contribution in [0, 0.1) is 11.6 Å². The maximum Gasteiger partial charge on any atom is 0.185 e. The first-order valence-electron chi connectivity index (χ1n) is 6.51. The zero-order chi connectivity index (χ0) is 15.2. The van der Waals surface area contributed by atoms with Gasteiger partial charge < -0.3 is 4.74 Å².